The van der Waals surface area contributed by atoms with E-state index in [4.69, 9.17) is 9.84 Å². The summed E-state index contributed by atoms with van der Waals surface area (Å²) in [6.07, 6.45) is 2.92. The molecule has 162 valence electrons. The molecule has 0 unspecified atom stereocenters. The third kappa shape index (κ3) is 5.91. The SMILES string of the molecule is C[C@@H](OC(=O)c1cc(S(=O)(=O)N(C)C)ccc1NCCO)C(=O)NC1CCCC1. The van der Waals surface area contributed by atoms with E-state index in [0.717, 1.165) is 30.0 Å². The highest BCUT2D eigenvalue weighted by molar-refractivity contribution is 7.89. The number of sulfonamides is 1. The summed E-state index contributed by atoms with van der Waals surface area (Å²) < 4.78 is 31.1. The minimum absolute atomic E-state index is 0.0260. The second kappa shape index (κ2) is 10.0. The summed E-state index contributed by atoms with van der Waals surface area (Å²) >= 11 is 0. The topological polar surface area (TPSA) is 125 Å². The Kier molecular flexibility index (Phi) is 8.00. The fourth-order valence-corrected chi connectivity index (χ4v) is 4.00. The van der Waals surface area contributed by atoms with Gasteiger partial charge in [0.05, 0.1) is 17.1 Å². The molecule has 0 heterocycles. The number of ether oxygens (including phenoxy) is 1. The molecular formula is C19H29N3O6S. The third-order valence-electron chi connectivity index (χ3n) is 4.77. The van der Waals surface area contributed by atoms with Gasteiger partial charge in [0, 0.05) is 32.4 Å². The molecule has 0 spiro atoms. The largest absolute Gasteiger partial charge is 0.449 e. The molecule has 2 rings (SSSR count). The number of aliphatic hydroxyl groups excluding tert-OH is 1. The summed E-state index contributed by atoms with van der Waals surface area (Å²) in [5.74, 6) is -1.21. The van der Waals surface area contributed by atoms with Gasteiger partial charge in [-0.05, 0) is 38.0 Å². The molecule has 0 aliphatic heterocycles. The van der Waals surface area contributed by atoms with E-state index in [1.165, 1.54) is 39.2 Å². The van der Waals surface area contributed by atoms with Crippen LogP contribution in [0.5, 0.6) is 0 Å². The number of nitrogens with zero attached hydrogens (tertiary/aromatic N) is 1. The Morgan fingerprint density at radius 3 is 2.52 bits per heavy atom. The minimum atomic E-state index is -3.76. The second-order valence-corrected chi connectivity index (χ2v) is 9.33. The van der Waals surface area contributed by atoms with Crippen molar-refractivity contribution >= 4 is 27.6 Å². The van der Waals surface area contributed by atoms with Gasteiger partial charge in [0.1, 0.15) is 0 Å². The van der Waals surface area contributed by atoms with E-state index in [-0.39, 0.29) is 35.6 Å². The number of anilines is 1. The number of hydrogen-bond acceptors (Lipinski definition) is 7. The van der Waals surface area contributed by atoms with Crippen molar-refractivity contribution in [2.75, 3.05) is 32.6 Å². The molecule has 10 heteroatoms. The van der Waals surface area contributed by atoms with E-state index < -0.39 is 22.1 Å². The molecule has 1 aliphatic carbocycles. The van der Waals surface area contributed by atoms with Crippen molar-refractivity contribution in [1.29, 1.82) is 0 Å². The van der Waals surface area contributed by atoms with Crippen LogP contribution < -0.4 is 10.6 Å². The first-order valence-corrected chi connectivity index (χ1v) is 11.0. The first kappa shape index (κ1) is 23.1. The lowest BCUT2D eigenvalue weighted by Gasteiger charge is -2.19. The van der Waals surface area contributed by atoms with Crippen LogP contribution in [0.2, 0.25) is 0 Å². The molecule has 0 bridgehead atoms. The Hall–Kier alpha value is -2.17. The average Bonchev–Trinajstić information content (AvgIpc) is 3.18. The summed E-state index contributed by atoms with van der Waals surface area (Å²) in [4.78, 5) is 24.9. The lowest BCUT2D eigenvalue weighted by Crippen LogP contribution is -2.41. The second-order valence-electron chi connectivity index (χ2n) is 7.18. The van der Waals surface area contributed by atoms with E-state index in [0.29, 0.717) is 5.69 Å². The van der Waals surface area contributed by atoms with Gasteiger partial charge in [0.2, 0.25) is 10.0 Å². The van der Waals surface area contributed by atoms with Crippen LogP contribution in [0.25, 0.3) is 0 Å². The zero-order valence-corrected chi connectivity index (χ0v) is 17.8. The van der Waals surface area contributed by atoms with E-state index >= 15 is 0 Å². The fraction of sp³-hybridized carbons (Fsp3) is 0.579. The molecule has 0 saturated heterocycles. The lowest BCUT2D eigenvalue weighted by molar-refractivity contribution is -0.129. The summed E-state index contributed by atoms with van der Waals surface area (Å²) in [7, 11) is -0.982. The van der Waals surface area contributed by atoms with Crippen molar-refractivity contribution in [3.05, 3.63) is 23.8 Å². The van der Waals surface area contributed by atoms with Gasteiger partial charge in [0.15, 0.2) is 6.10 Å². The Morgan fingerprint density at radius 1 is 1.28 bits per heavy atom. The van der Waals surface area contributed by atoms with Gasteiger partial charge in [0.25, 0.3) is 5.91 Å². The highest BCUT2D eigenvalue weighted by Crippen LogP contribution is 2.24. The van der Waals surface area contributed by atoms with Gasteiger partial charge >= 0.3 is 5.97 Å². The van der Waals surface area contributed by atoms with Crippen molar-refractivity contribution in [3.63, 3.8) is 0 Å². The highest BCUT2D eigenvalue weighted by atomic mass is 32.2. The van der Waals surface area contributed by atoms with Gasteiger partial charge in [-0.1, -0.05) is 12.8 Å². The van der Waals surface area contributed by atoms with Crippen LogP contribution in [0.15, 0.2) is 23.1 Å². The number of esters is 1. The predicted octanol–water partition coefficient (Wildman–Crippen LogP) is 0.945. The molecule has 1 fully saturated rings. The Morgan fingerprint density at radius 2 is 1.93 bits per heavy atom. The molecule has 1 aliphatic rings. The van der Waals surface area contributed by atoms with Crippen molar-refractivity contribution in [3.8, 4) is 0 Å². The third-order valence-corrected chi connectivity index (χ3v) is 6.58. The zero-order chi connectivity index (χ0) is 21.6. The van der Waals surface area contributed by atoms with Crippen LogP contribution in [-0.2, 0) is 19.6 Å². The van der Waals surface area contributed by atoms with Crippen molar-refractivity contribution in [2.24, 2.45) is 0 Å². The standard InChI is InChI=1S/C19H29N3O6S/c1-13(18(24)21-14-6-4-5-7-14)28-19(25)16-12-15(29(26,27)22(2)3)8-9-17(16)20-10-11-23/h8-9,12-14,20,23H,4-7,10-11H2,1-3H3,(H,21,24)/t13-/m1/s1. The van der Waals surface area contributed by atoms with Gasteiger partial charge in [-0.3, -0.25) is 4.79 Å². The molecule has 1 saturated carbocycles. The Bertz CT molecular complexity index is 834. The Balaban J connectivity index is 2.21. The first-order chi connectivity index (χ1) is 13.7. The molecule has 29 heavy (non-hydrogen) atoms. The number of rotatable bonds is 9. The van der Waals surface area contributed by atoms with E-state index in [9.17, 15) is 18.0 Å². The zero-order valence-electron chi connectivity index (χ0n) is 17.0. The van der Waals surface area contributed by atoms with Crippen LogP contribution >= 0.6 is 0 Å². The molecule has 1 aromatic rings. The van der Waals surface area contributed by atoms with Crippen LogP contribution in [0.4, 0.5) is 5.69 Å². The van der Waals surface area contributed by atoms with Crippen LogP contribution in [-0.4, -0.2) is 69.1 Å². The first-order valence-electron chi connectivity index (χ1n) is 9.59. The number of hydrogen-bond donors (Lipinski definition) is 3. The van der Waals surface area contributed by atoms with Crippen molar-refractivity contribution in [2.45, 2.75) is 49.6 Å². The number of nitrogens with one attached hydrogen (secondary N) is 2. The predicted molar refractivity (Wildman–Crippen MR) is 108 cm³/mol. The quantitative estimate of drug-likeness (QED) is 0.501. The smallest absolute Gasteiger partial charge is 0.341 e. The summed E-state index contributed by atoms with van der Waals surface area (Å²) in [5.41, 5.74) is 0.284. The van der Waals surface area contributed by atoms with Gasteiger partial charge in [-0.2, -0.15) is 0 Å². The van der Waals surface area contributed by atoms with Gasteiger partial charge in [-0.15, -0.1) is 0 Å². The summed E-state index contributed by atoms with van der Waals surface area (Å²) in [5, 5.41) is 14.8. The van der Waals surface area contributed by atoms with E-state index in [1.54, 1.807) is 0 Å². The number of amides is 1. The number of carbonyl (C=O) groups excluding carboxylic acids is 2. The van der Waals surface area contributed by atoms with Gasteiger partial charge < -0.3 is 20.5 Å². The average molecular weight is 428 g/mol. The molecule has 9 nitrogen and oxygen atoms in total. The van der Waals surface area contributed by atoms with E-state index in [2.05, 4.69) is 10.6 Å². The maximum atomic E-state index is 12.7. The molecule has 1 atom stereocenters. The minimum Gasteiger partial charge on any atom is -0.449 e. The molecule has 3 N–H and O–H groups in total. The molecule has 0 aromatic heterocycles. The number of benzene rings is 1. The van der Waals surface area contributed by atoms with Crippen molar-refractivity contribution in [1.82, 2.24) is 9.62 Å². The summed E-state index contributed by atoms with van der Waals surface area (Å²) in [6, 6.07) is 4.10. The van der Waals surface area contributed by atoms with Crippen LogP contribution in [0.1, 0.15) is 43.0 Å². The number of carbonyl (C=O) groups is 2. The molecular weight excluding hydrogens is 398 g/mol. The monoisotopic (exact) mass is 427 g/mol. The number of aliphatic hydroxyl groups is 1. The highest BCUT2D eigenvalue weighted by Gasteiger charge is 2.26. The molecule has 1 amide bonds. The lowest BCUT2D eigenvalue weighted by atomic mass is 10.1. The maximum absolute atomic E-state index is 12.7. The van der Waals surface area contributed by atoms with Crippen molar-refractivity contribution < 1.29 is 27.9 Å². The maximum Gasteiger partial charge on any atom is 0.341 e. The van der Waals surface area contributed by atoms with E-state index in [1.807, 2.05) is 0 Å². The van der Waals surface area contributed by atoms with Gasteiger partial charge in [-0.25, -0.2) is 17.5 Å². The van der Waals surface area contributed by atoms with Crippen LogP contribution in [0, 0.1) is 0 Å². The van der Waals surface area contributed by atoms with Crippen LogP contribution in [0.3, 0.4) is 0 Å². The summed E-state index contributed by atoms with van der Waals surface area (Å²) in [6.45, 7) is 1.47. The fourth-order valence-electron chi connectivity index (χ4n) is 3.07. The molecule has 1 aromatic carbocycles. The normalized spacial score (nSPS) is 15.9. The Labute approximate surface area is 171 Å². The molecule has 0 radical (unpaired) electrons.